The lowest BCUT2D eigenvalue weighted by molar-refractivity contribution is 0.669. The Morgan fingerprint density at radius 3 is 0.785 bits per heavy atom. The largest absolute Gasteiger partial charge is 0.455 e. The van der Waals surface area contributed by atoms with Crippen molar-refractivity contribution in [3.63, 3.8) is 0 Å². The molecule has 0 radical (unpaired) electrons. The second-order valence-corrected chi connectivity index (χ2v) is 20.6. The molecule has 370 valence electrons. The van der Waals surface area contributed by atoms with E-state index in [-0.39, 0.29) is 0 Å². The van der Waals surface area contributed by atoms with Gasteiger partial charge in [0.15, 0.2) is 0 Å². The van der Waals surface area contributed by atoms with Crippen molar-refractivity contribution in [1.82, 2.24) is 0 Å². The Hall–Kier alpha value is -10.3. The van der Waals surface area contributed by atoms with Crippen LogP contribution in [-0.2, 0) is 0 Å². The van der Waals surface area contributed by atoms with Crippen LogP contribution in [0.5, 0.6) is 0 Å². The Morgan fingerprint density at radius 1 is 0.190 bits per heavy atom. The molecule has 0 saturated carbocycles. The molecule has 0 spiro atoms. The number of fused-ring (bicyclic) bond motifs is 10. The summed E-state index contributed by atoms with van der Waals surface area (Å²) in [7, 11) is 0. The molecule has 16 aromatic rings. The molecule has 14 aromatic carbocycles. The second-order valence-electron chi connectivity index (χ2n) is 20.6. The van der Waals surface area contributed by atoms with E-state index >= 15 is 0 Å². The van der Waals surface area contributed by atoms with Crippen molar-refractivity contribution >= 4 is 87.0 Å². The molecule has 2 nitrogen and oxygen atoms in total. The number of aryl methyl sites for hydroxylation is 1. The van der Waals surface area contributed by atoms with Crippen molar-refractivity contribution in [2.45, 2.75) is 6.92 Å². The molecule has 0 aliphatic heterocycles. The number of benzene rings is 14. The molecule has 16 rings (SSSR count). The molecule has 0 bridgehead atoms. The molecule has 0 unspecified atom stereocenters. The number of rotatable bonds is 6. The molecule has 0 fully saturated rings. The van der Waals surface area contributed by atoms with E-state index < -0.39 is 0 Å². The van der Waals surface area contributed by atoms with E-state index in [9.17, 15) is 0 Å². The van der Waals surface area contributed by atoms with E-state index in [1.165, 1.54) is 93.2 Å². The second kappa shape index (κ2) is 19.1. The van der Waals surface area contributed by atoms with Gasteiger partial charge in [0.2, 0.25) is 0 Å². The van der Waals surface area contributed by atoms with Gasteiger partial charge in [-0.25, -0.2) is 0 Å². The van der Waals surface area contributed by atoms with Crippen LogP contribution < -0.4 is 0 Å². The van der Waals surface area contributed by atoms with Gasteiger partial charge in [0.1, 0.15) is 22.3 Å². The summed E-state index contributed by atoms with van der Waals surface area (Å²) < 4.78 is 12.7. The van der Waals surface area contributed by atoms with Gasteiger partial charge in [0.25, 0.3) is 0 Å². The van der Waals surface area contributed by atoms with Gasteiger partial charge in [-0.2, -0.15) is 0 Å². The van der Waals surface area contributed by atoms with Crippen molar-refractivity contribution in [3.05, 3.63) is 291 Å². The maximum atomic E-state index is 6.33. The first kappa shape index (κ1) is 46.1. The maximum absolute atomic E-state index is 6.33. The summed E-state index contributed by atoms with van der Waals surface area (Å²) in [4.78, 5) is 0. The molecule has 0 atom stereocenters. The minimum atomic E-state index is 0.924. The van der Waals surface area contributed by atoms with E-state index in [1.54, 1.807) is 0 Å². The van der Waals surface area contributed by atoms with E-state index in [1.807, 2.05) is 24.3 Å². The predicted molar refractivity (Wildman–Crippen MR) is 335 cm³/mol. The van der Waals surface area contributed by atoms with Gasteiger partial charge in [0, 0.05) is 32.7 Å². The van der Waals surface area contributed by atoms with Gasteiger partial charge >= 0.3 is 0 Å². The molecule has 0 aliphatic rings. The Labute approximate surface area is 457 Å². The minimum Gasteiger partial charge on any atom is -0.455 e. The van der Waals surface area contributed by atoms with Crippen molar-refractivity contribution in [1.29, 1.82) is 0 Å². The third-order valence-electron chi connectivity index (χ3n) is 16.0. The van der Waals surface area contributed by atoms with Gasteiger partial charge in [-0.15, -0.1) is 0 Å². The smallest absolute Gasteiger partial charge is 0.143 e. The van der Waals surface area contributed by atoms with Gasteiger partial charge in [-0.3, -0.25) is 0 Å². The first-order chi connectivity index (χ1) is 39.1. The van der Waals surface area contributed by atoms with Crippen LogP contribution in [0, 0.1) is 6.92 Å². The van der Waals surface area contributed by atoms with E-state index in [0.29, 0.717) is 0 Å². The first-order valence-electron chi connectivity index (χ1n) is 27.1. The third kappa shape index (κ3) is 7.79. The Balaban J connectivity index is 0.000000137. The molecule has 0 aliphatic carbocycles. The first-order valence-corrected chi connectivity index (χ1v) is 27.1. The summed E-state index contributed by atoms with van der Waals surface area (Å²) in [6.45, 7) is 2.14. The van der Waals surface area contributed by atoms with Crippen molar-refractivity contribution in [2.24, 2.45) is 0 Å². The number of hydrogen-bond donors (Lipinski definition) is 0. The lowest BCUT2D eigenvalue weighted by atomic mass is 9.85. The standard InChI is InChI=1S/C39H26O.C38H24O/c1-25-17-19-27(20-18-25)37-31-10-2-4-12-33(31)38(34-13-5-3-11-32(34)37)28-23-21-26(22-24-28)29-14-8-15-35-30-9-6-7-16-36(30)40-39(29)35;1-2-11-26(12-3-1)36-30-14-4-6-16-32(30)37(33-17-7-5-15-31(33)36)27-23-21-25(22-24-27)28-18-10-19-34-29-13-8-9-20-35(29)39-38(28)34/h2-24H,1H3;1-24H. The number of furan rings is 2. The summed E-state index contributed by atoms with van der Waals surface area (Å²) in [5.41, 5.74) is 19.6. The van der Waals surface area contributed by atoms with Crippen LogP contribution in [0.25, 0.3) is 154 Å². The fourth-order valence-electron chi connectivity index (χ4n) is 12.4. The highest BCUT2D eigenvalue weighted by molar-refractivity contribution is 6.23. The Kier molecular flexibility index (Phi) is 11.1. The highest BCUT2D eigenvalue weighted by atomic mass is 16.3. The summed E-state index contributed by atoms with van der Waals surface area (Å²) >= 11 is 0. The lowest BCUT2D eigenvalue weighted by Gasteiger charge is -2.18. The van der Waals surface area contributed by atoms with E-state index in [4.69, 9.17) is 8.83 Å². The zero-order valence-electron chi connectivity index (χ0n) is 43.5. The zero-order valence-corrected chi connectivity index (χ0v) is 43.5. The van der Waals surface area contributed by atoms with Crippen molar-refractivity contribution < 1.29 is 8.83 Å². The zero-order chi connectivity index (χ0) is 52.4. The van der Waals surface area contributed by atoms with Crippen LogP contribution in [0.1, 0.15) is 5.56 Å². The van der Waals surface area contributed by atoms with E-state index in [2.05, 4.69) is 268 Å². The molecule has 0 saturated heterocycles. The van der Waals surface area contributed by atoms with Crippen LogP contribution >= 0.6 is 0 Å². The Morgan fingerprint density at radius 2 is 0.443 bits per heavy atom. The Bertz CT molecular complexity index is 4870. The summed E-state index contributed by atoms with van der Waals surface area (Å²) in [5, 5.41) is 14.8. The topological polar surface area (TPSA) is 26.3 Å². The minimum absolute atomic E-state index is 0.924. The summed E-state index contributed by atoms with van der Waals surface area (Å²) in [6.07, 6.45) is 0. The molecule has 2 heterocycles. The molecular formula is C77H50O2. The molecule has 0 amide bonds. The van der Waals surface area contributed by atoms with Gasteiger partial charge in [-0.05, 0) is 118 Å². The van der Waals surface area contributed by atoms with Crippen LogP contribution in [0.15, 0.2) is 294 Å². The van der Waals surface area contributed by atoms with E-state index in [0.717, 1.165) is 66.1 Å². The SMILES string of the molecule is Cc1ccc(-c2c3ccccc3c(-c3ccc(-c4cccc5c4oc4ccccc45)cc3)c3ccccc23)cc1.c1ccc(-c2c3ccccc3c(-c3ccc(-c4cccc5c4oc4ccccc45)cc3)c3ccccc23)cc1. The highest BCUT2D eigenvalue weighted by Gasteiger charge is 2.20. The number of hydrogen-bond acceptors (Lipinski definition) is 2. The molecule has 79 heavy (non-hydrogen) atoms. The number of para-hydroxylation sites is 4. The van der Waals surface area contributed by atoms with Crippen LogP contribution in [0.2, 0.25) is 0 Å². The van der Waals surface area contributed by atoms with Gasteiger partial charge < -0.3 is 8.83 Å². The predicted octanol–water partition coefficient (Wildman–Crippen LogP) is 22.1. The fourth-order valence-corrected chi connectivity index (χ4v) is 12.4. The lowest BCUT2D eigenvalue weighted by Crippen LogP contribution is -1.91. The van der Waals surface area contributed by atoms with Crippen molar-refractivity contribution in [3.8, 4) is 66.8 Å². The summed E-state index contributed by atoms with van der Waals surface area (Å²) in [6, 6.07) is 102. The van der Waals surface area contributed by atoms with Crippen LogP contribution in [0.4, 0.5) is 0 Å². The molecule has 2 heteroatoms. The molecule has 2 aromatic heterocycles. The average molecular weight is 1010 g/mol. The monoisotopic (exact) mass is 1010 g/mol. The average Bonchev–Trinajstić information content (AvgIpc) is 4.27. The quantitative estimate of drug-likeness (QED) is 0.155. The molecular weight excluding hydrogens is 957 g/mol. The van der Waals surface area contributed by atoms with Crippen LogP contribution in [-0.4, -0.2) is 0 Å². The van der Waals surface area contributed by atoms with Gasteiger partial charge in [0.05, 0.1) is 0 Å². The summed E-state index contributed by atoms with van der Waals surface area (Å²) in [5.74, 6) is 0. The normalized spacial score (nSPS) is 11.6. The highest BCUT2D eigenvalue weighted by Crippen LogP contribution is 2.47. The molecule has 0 N–H and O–H groups in total. The van der Waals surface area contributed by atoms with Crippen LogP contribution in [0.3, 0.4) is 0 Å². The maximum Gasteiger partial charge on any atom is 0.143 e. The van der Waals surface area contributed by atoms with Crippen molar-refractivity contribution in [2.75, 3.05) is 0 Å². The fraction of sp³-hybridized carbons (Fsp3) is 0.0130. The third-order valence-corrected chi connectivity index (χ3v) is 16.0. The van der Waals surface area contributed by atoms with Gasteiger partial charge in [-0.1, -0.05) is 279 Å².